The molecule has 0 saturated carbocycles. The van der Waals surface area contributed by atoms with Crippen LogP contribution in [0.5, 0.6) is 0 Å². The van der Waals surface area contributed by atoms with Gasteiger partial charge < -0.3 is 29.7 Å². The average molecular weight is 542 g/mol. The summed E-state index contributed by atoms with van der Waals surface area (Å²) >= 11 is 6.14. The lowest BCUT2D eigenvalue weighted by atomic mass is 9.88. The van der Waals surface area contributed by atoms with Gasteiger partial charge in [-0.2, -0.15) is 0 Å². The first kappa shape index (κ1) is 29.6. The molecule has 2 N–H and O–H groups in total. The van der Waals surface area contributed by atoms with E-state index in [4.69, 9.17) is 21.1 Å². The summed E-state index contributed by atoms with van der Waals surface area (Å²) < 4.78 is 30.5. The Kier molecular flexibility index (Phi) is 12.4. The monoisotopic (exact) mass is 541 g/mol. The number of carbonyl (C=O) groups is 2. The van der Waals surface area contributed by atoms with Crippen molar-refractivity contribution in [2.75, 3.05) is 53.6 Å². The molecule has 10 heteroatoms. The van der Waals surface area contributed by atoms with Crippen LogP contribution in [0.1, 0.15) is 56.6 Å². The number of nitrogens with one attached hydrogen (secondary N) is 2. The fraction of sp³-hybridized carbons (Fsp3) is 0.704. The summed E-state index contributed by atoms with van der Waals surface area (Å²) in [6, 6.07) is 4.67. The van der Waals surface area contributed by atoms with Crippen LogP contribution in [0.15, 0.2) is 18.2 Å². The highest BCUT2D eigenvalue weighted by Crippen LogP contribution is 2.35. The summed E-state index contributed by atoms with van der Waals surface area (Å²) in [5.74, 6) is 0.223. The van der Waals surface area contributed by atoms with Crippen LogP contribution >= 0.6 is 11.6 Å². The maximum atomic E-state index is 14.2. The van der Waals surface area contributed by atoms with Gasteiger partial charge in [-0.25, -0.2) is 9.18 Å². The number of hydrogen-bond donors (Lipinski definition) is 2. The number of carbonyl (C=O) groups excluding carboxylic acids is 2. The largest absolute Gasteiger partial charge is 0.453 e. The molecule has 2 aliphatic rings. The molecule has 0 spiro atoms. The normalized spacial score (nSPS) is 21.8. The van der Waals surface area contributed by atoms with E-state index in [-0.39, 0.29) is 31.0 Å². The molecule has 0 radical (unpaired) electrons. The molecule has 37 heavy (non-hydrogen) atoms. The van der Waals surface area contributed by atoms with Gasteiger partial charge in [-0.05, 0) is 75.3 Å². The first-order chi connectivity index (χ1) is 17.9. The number of ether oxygens (including phenoxy) is 3. The van der Waals surface area contributed by atoms with Gasteiger partial charge in [0.2, 0.25) is 5.91 Å². The van der Waals surface area contributed by atoms with Gasteiger partial charge in [-0.3, -0.25) is 4.79 Å². The van der Waals surface area contributed by atoms with Crippen molar-refractivity contribution in [3.63, 3.8) is 0 Å². The number of likely N-dealkylation sites (tertiary alicyclic amines) is 1. The molecular formula is C27H41ClFN3O5. The molecule has 2 amide bonds. The Balaban J connectivity index is 1.59. The van der Waals surface area contributed by atoms with Gasteiger partial charge in [0, 0.05) is 56.3 Å². The van der Waals surface area contributed by atoms with Crippen molar-refractivity contribution in [1.29, 1.82) is 0 Å². The Bertz CT molecular complexity index is 850. The minimum absolute atomic E-state index is 0.0202. The molecule has 3 rings (SSSR count). The van der Waals surface area contributed by atoms with Gasteiger partial charge in [0.05, 0.1) is 19.8 Å². The second-order valence-corrected chi connectivity index (χ2v) is 10.4. The number of methoxy groups -OCH3 is 1. The molecule has 2 saturated heterocycles. The number of piperidine rings is 1. The summed E-state index contributed by atoms with van der Waals surface area (Å²) in [4.78, 5) is 26.5. The van der Waals surface area contributed by atoms with Gasteiger partial charge in [-0.1, -0.05) is 11.6 Å². The summed E-state index contributed by atoms with van der Waals surface area (Å²) in [6.45, 7) is 3.36. The first-order valence-electron chi connectivity index (χ1n) is 13.3. The zero-order valence-corrected chi connectivity index (χ0v) is 22.7. The van der Waals surface area contributed by atoms with Crippen LogP contribution in [0.4, 0.5) is 9.18 Å². The van der Waals surface area contributed by atoms with E-state index < -0.39 is 18.0 Å². The smallest absolute Gasteiger partial charge is 0.406 e. The topological polar surface area (TPSA) is 89.1 Å². The molecule has 2 fully saturated rings. The van der Waals surface area contributed by atoms with Gasteiger partial charge in [0.15, 0.2) is 0 Å². The van der Waals surface area contributed by atoms with E-state index in [1.54, 1.807) is 6.07 Å². The molecule has 208 valence electrons. The number of alkyl carbamates (subject to hydrolysis) is 1. The molecule has 0 aliphatic carbocycles. The van der Waals surface area contributed by atoms with Crippen LogP contribution < -0.4 is 10.6 Å². The zero-order valence-electron chi connectivity index (χ0n) is 22.0. The maximum Gasteiger partial charge on any atom is 0.406 e. The molecule has 4 atom stereocenters. The number of hydrogen-bond acceptors (Lipinski definition) is 6. The molecule has 2 aliphatic heterocycles. The van der Waals surface area contributed by atoms with Crippen molar-refractivity contribution in [3.05, 3.63) is 34.6 Å². The molecule has 1 aromatic rings. The number of amides is 2. The van der Waals surface area contributed by atoms with E-state index in [0.29, 0.717) is 36.0 Å². The van der Waals surface area contributed by atoms with Crippen molar-refractivity contribution in [1.82, 2.24) is 15.5 Å². The minimum atomic E-state index is -0.542. The lowest BCUT2D eigenvalue weighted by Crippen LogP contribution is -2.43. The van der Waals surface area contributed by atoms with Crippen LogP contribution in [0.2, 0.25) is 5.02 Å². The van der Waals surface area contributed by atoms with Gasteiger partial charge in [0.1, 0.15) is 5.82 Å². The van der Waals surface area contributed by atoms with Crippen molar-refractivity contribution in [3.8, 4) is 0 Å². The number of benzene rings is 1. The fourth-order valence-electron chi connectivity index (χ4n) is 5.37. The summed E-state index contributed by atoms with van der Waals surface area (Å²) in [7, 11) is 3.25. The molecule has 0 aromatic heterocycles. The molecule has 2 heterocycles. The predicted octanol–water partition coefficient (Wildman–Crippen LogP) is 4.32. The minimum Gasteiger partial charge on any atom is -0.453 e. The molecule has 1 aromatic carbocycles. The fourth-order valence-corrected chi connectivity index (χ4v) is 5.60. The molecule has 0 unspecified atom stereocenters. The summed E-state index contributed by atoms with van der Waals surface area (Å²) in [6.07, 6.45) is 5.25. The SMILES string of the molecule is CN[C@H](CCC(=O)N1CCC[C@@H]([C@@H](OCCNC(=O)OC)c2cc(F)cc(Cl)c2)C1)C[C@H]1CCCOC1. The number of rotatable bonds is 12. The Morgan fingerprint density at radius 3 is 2.81 bits per heavy atom. The average Bonchev–Trinajstić information content (AvgIpc) is 2.90. The number of nitrogens with zero attached hydrogens (tertiary/aromatic N) is 1. The van der Waals surface area contributed by atoms with Crippen molar-refractivity contribution in [2.24, 2.45) is 11.8 Å². The Labute approximate surface area is 224 Å². The van der Waals surface area contributed by atoms with Gasteiger partial charge >= 0.3 is 6.09 Å². The van der Waals surface area contributed by atoms with Gasteiger partial charge in [0.25, 0.3) is 0 Å². The molecule has 8 nitrogen and oxygen atoms in total. The third-order valence-electron chi connectivity index (χ3n) is 7.29. The maximum absolute atomic E-state index is 14.2. The lowest BCUT2D eigenvalue weighted by Gasteiger charge is -2.37. The van der Waals surface area contributed by atoms with E-state index in [1.807, 2.05) is 11.9 Å². The highest BCUT2D eigenvalue weighted by atomic mass is 35.5. The Morgan fingerprint density at radius 1 is 1.27 bits per heavy atom. The van der Waals surface area contributed by atoms with E-state index in [0.717, 1.165) is 45.3 Å². The van der Waals surface area contributed by atoms with Crippen LogP contribution in [0.25, 0.3) is 0 Å². The molecular weight excluding hydrogens is 501 g/mol. The van der Waals surface area contributed by atoms with Crippen LogP contribution in [-0.2, 0) is 19.0 Å². The highest BCUT2D eigenvalue weighted by molar-refractivity contribution is 6.30. The van der Waals surface area contributed by atoms with Crippen molar-refractivity contribution < 1.29 is 28.2 Å². The molecule has 0 bridgehead atoms. The second-order valence-electron chi connectivity index (χ2n) is 10.00. The van der Waals surface area contributed by atoms with Crippen LogP contribution in [0.3, 0.4) is 0 Å². The van der Waals surface area contributed by atoms with Gasteiger partial charge in [-0.15, -0.1) is 0 Å². The zero-order chi connectivity index (χ0) is 26.6. The van der Waals surface area contributed by atoms with Crippen LogP contribution in [0, 0.1) is 17.7 Å². The lowest BCUT2D eigenvalue weighted by molar-refractivity contribution is -0.134. The number of halogens is 2. The van der Waals surface area contributed by atoms with E-state index in [2.05, 4.69) is 15.4 Å². The standard InChI is InChI=1S/C27H41ClFN3O5/c1-30-24(13-19-5-4-11-36-18-19)7-8-25(33)32-10-3-6-20(17-32)26(37-12-9-31-27(34)35-2)21-14-22(28)16-23(29)15-21/h14-16,19-20,24,26,30H,3-13,17-18H2,1-2H3,(H,31,34)/t19-,20-,24-,26-/m1/s1. The van der Waals surface area contributed by atoms with Crippen molar-refractivity contribution >= 4 is 23.6 Å². The second kappa shape index (κ2) is 15.5. The van der Waals surface area contributed by atoms with E-state index in [1.165, 1.54) is 25.7 Å². The van der Waals surface area contributed by atoms with Crippen molar-refractivity contribution in [2.45, 2.75) is 57.1 Å². The predicted molar refractivity (Wildman–Crippen MR) is 140 cm³/mol. The van der Waals surface area contributed by atoms with E-state index >= 15 is 0 Å². The summed E-state index contributed by atoms with van der Waals surface area (Å²) in [5.41, 5.74) is 0.632. The first-order valence-corrected chi connectivity index (χ1v) is 13.7. The highest BCUT2D eigenvalue weighted by Gasteiger charge is 2.32. The summed E-state index contributed by atoms with van der Waals surface area (Å²) in [5, 5.41) is 6.26. The van der Waals surface area contributed by atoms with Crippen LogP contribution in [-0.4, -0.2) is 76.6 Å². The van der Waals surface area contributed by atoms with E-state index in [9.17, 15) is 14.0 Å². The third-order valence-corrected chi connectivity index (χ3v) is 7.51. The third kappa shape index (κ3) is 9.71. The quantitative estimate of drug-likeness (QED) is 0.383. The Morgan fingerprint density at radius 2 is 2.11 bits per heavy atom. The Hall–Kier alpha value is -1.94.